The molecule has 0 aromatic heterocycles. The fraction of sp³-hybridized carbons (Fsp3) is 0.846. The van der Waals surface area contributed by atoms with E-state index in [1.165, 1.54) is 0 Å². The lowest BCUT2D eigenvalue weighted by Gasteiger charge is -2.30. The van der Waals surface area contributed by atoms with Gasteiger partial charge in [0.05, 0.1) is 11.5 Å². The lowest BCUT2D eigenvalue weighted by atomic mass is 9.82. The van der Waals surface area contributed by atoms with Crippen LogP contribution in [0.3, 0.4) is 0 Å². The van der Waals surface area contributed by atoms with E-state index in [1.807, 2.05) is 20.8 Å². The van der Waals surface area contributed by atoms with Crippen LogP contribution in [0.4, 0.5) is 4.79 Å². The summed E-state index contributed by atoms with van der Waals surface area (Å²) in [6.07, 6.45) is 2.48. The quantitative estimate of drug-likeness (QED) is 0.780. The normalized spacial score (nSPS) is 31.3. The maximum absolute atomic E-state index is 12.1. The summed E-state index contributed by atoms with van der Waals surface area (Å²) in [6, 6.07) is -0.190. The zero-order valence-electron chi connectivity index (χ0n) is 11.2. The average Bonchev–Trinajstić information content (AvgIpc) is 2.70. The van der Waals surface area contributed by atoms with E-state index >= 15 is 0 Å². The molecule has 1 N–H and O–H groups in total. The molecule has 5 nitrogen and oxygen atoms in total. The van der Waals surface area contributed by atoms with Crippen LogP contribution in [0, 0.1) is 5.41 Å². The SMILES string of the molecule is CC(C)(C)OC(=O)N1CC[C@]2(C(=O)O)CCC[C@H]12. The maximum Gasteiger partial charge on any atom is 0.410 e. The molecule has 1 amide bonds. The second-order valence-corrected chi connectivity index (χ2v) is 6.29. The largest absolute Gasteiger partial charge is 0.481 e. The lowest BCUT2D eigenvalue weighted by Crippen LogP contribution is -2.45. The predicted octanol–water partition coefficient (Wildman–Crippen LogP) is 2.25. The van der Waals surface area contributed by atoms with Gasteiger partial charge in [-0.05, 0) is 40.0 Å². The molecule has 2 fully saturated rings. The summed E-state index contributed by atoms with van der Waals surface area (Å²) in [4.78, 5) is 25.2. The van der Waals surface area contributed by atoms with Crippen molar-refractivity contribution in [3.8, 4) is 0 Å². The third-order valence-electron chi connectivity index (χ3n) is 3.97. The second-order valence-electron chi connectivity index (χ2n) is 6.29. The van der Waals surface area contributed by atoms with Gasteiger partial charge in [-0.15, -0.1) is 0 Å². The minimum atomic E-state index is -0.768. The molecule has 1 aliphatic heterocycles. The van der Waals surface area contributed by atoms with E-state index in [1.54, 1.807) is 4.90 Å². The Hall–Kier alpha value is -1.26. The zero-order chi connectivity index (χ0) is 13.6. The first-order valence-electron chi connectivity index (χ1n) is 6.49. The van der Waals surface area contributed by atoms with Gasteiger partial charge in [0, 0.05) is 6.54 Å². The minimum absolute atomic E-state index is 0.190. The third-order valence-corrected chi connectivity index (χ3v) is 3.97. The van der Waals surface area contributed by atoms with Crippen LogP contribution in [0.1, 0.15) is 46.5 Å². The summed E-state index contributed by atoms with van der Waals surface area (Å²) in [5.41, 5.74) is -1.26. The standard InChI is InChI=1S/C13H21NO4/c1-12(2,3)18-11(17)14-8-7-13(10(15)16)6-4-5-9(13)14/h9H,4-8H2,1-3H3,(H,15,16)/t9-,13+/m0/s1. The first-order chi connectivity index (χ1) is 8.26. The molecule has 1 saturated carbocycles. The van der Waals surface area contributed by atoms with E-state index < -0.39 is 17.0 Å². The van der Waals surface area contributed by atoms with E-state index in [9.17, 15) is 14.7 Å². The van der Waals surface area contributed by atoms with Crippen LogP contribution in [-0.4, -0.2) is 40.3 Å². The number of amides is 1. The highest BCUT2D eigenvalue weighted by atomic mass is 16.6. The van der Waals surface area contributed by atoms with E-state index in [2.05, 4.69) is 0 Å². The van der Waals surface area contributed by atoms with Crippen molar-refractivity contribution in [2.45, 2.75) is 58.1 Å². The summed E-state index contributed by atoms with van der Waals surface area (Å²) in [5, 5.41) is 9.43. The second kappa shape index (κ2) is 4.14. The Kier molecular flexibility index (Phi) is 3.03. The molecule has 1 aliphatic carbocycles. The first-order valence-corrected chi connectivity index (χ1v) is 6.49. The van der Waals surface area contributed by atoms with Crippen molar-refractivity contribution in [1.29, 1.82) is 0 Å². The number of aliphatic carboxylic acids is 1. The molecule has 2 rings (SSSR count). The van der Waals surface area contributed by atoms with Crippen molar-refractivity contribution in [2.24, 2.45) is 5.41 Å². The molecule has 0 radical (unpaired) electrons. The highest BCUT2D eigenvalue weighted by Gasteiger charge is 2.57. The topological polar surface area (TPSA) is 66.8 Å². The summed E-state index contributed by atoms with van der Waals surface area (Å²) < 4.78 is 5.35. The number of hydrogen-bond acceptors (Lipinski definition) is 3. The van der Waals surface area contributed by atoms with Gasteiger partial charge >= 0.3 is 12.1 Å². The Morgan fingerprint density at radius 3 is 2.56 bits per heavy atom. The number of rotatable bonds is 1. The number of carbonyl (C=O) groups is 2. The van der Waals surface area contributed by atoms with Gasteiger partial charge in [0.2, 0.25) is 0 Å². The van der Waals surface area contributed by atoms with Gasteiger partial charge in [0.25, 0.3) is 0 Å². The van der Waals surface area contributed by atoms with Crippen molar-refractivity contribution in [1.82, 2.24) is 4.90 Å². The monoisotopic (exact) mass is 255 g/mol. The molecule has 18 heavy (non-hydrogen) atoms. The number of ether oxygens (including phenoxy) is 1. The third kappa shape index (κ3) is 2.06. The molecular formula is C13H21NO4. The fourth-order valence-corrected chi connectivity index (χ4v) is 3.17. The zero-order valence-corrected chi connectivity index (χ0v) is 11.2. The number of hydrogen-bond donors (Lipinski definition) is 1. The van der Waals surface area contributed by atoms with Gasteiger partial charge in [0.1, 0.15) is 5.60 Å². The Balaban J connectivity index is 2.14. The van der Waals surface area contributed by atoms with Gasteiger partial charge in [0.15, 0.2) is 0 Å². The number of likely N-dealkylation sites (tertiary alicyclic amines) is 1. The number of carboxylic acids is 1. The van der Waals surface area contributed by atoms with Gasteiger partial charge in [-0.25, -0.2) is 4.79 Å². The Bertz CT molecular complexity index is 374. The summed E-state index contributed by atoms with van der Waals surface area (Å²) >= 11 is 0. The van der Waals surface area contributed by atoms with Gasteiger partial charge in [-0.2, -0.15) is 0 Å². The number of fused-ring (bicyclic) bond motifs is 1. The summed E-state index contributed by atoms with van der Waals surface area (Å²) in [5.74, 6) is -0.768. The number of carboxylic acid groups (broad SMARTS) is 1. The molecule has 2 aliphatic rings. The van der Waals surface area contributed by atoms with Crippen molar-refractivity contribution >= 4 is 12.1 Å². The Morgan fingerprint density at radius 1 is 1.33 bits per heavy atom. The summed E-state index contributed by atoms with van der Waals surface area (Å²) in [6.45, 7) is 5.95. The lowest BCUT2D eigenvalue weighted by molar-refractivity contribution is -0.149. The molecule has 0 aromatic carbocycles. The minimum Gasteiger partial charge on any atom is -0.481 e. The highest BCUT2D eigenvalue weighted by Crippen LogP contribution is 2.49. The van der Waals surface area contributed by atoms with Crippen molar-refractivity contribution in [3.05, 3.63) is 0 Å². The molecule has 1 saturated heterocycles. The van der Waals surface area contributed by atoms with Crippen molar-refractivity contribution in [3.63, 3.8) is 0 Å². The van der Waals surface area contributed by atoms with Crippen LogP contribution in [0.2, 0.25) is 0 Å². The predicted molar refractivity (Wildman–Crippen MR) is 65.3 cm³/mol. The van der Waals surface area contributed by atoms with E-state index in [-0.39, 0.29) is 12.1 Å². The van der Waals surface area contributed by atoms with Crippen molar-refractivity contribution in [2.75, 3.05) is 6.54 Å². The molecule has 0 aromatic rings. The highest BCUT2D eigenvalue weighted by molar-refractivity contribution is 5.79. The van der Waals surface area contributed by atoms with Gasteiger partial charge in [-0.3, -0.25) is 4.79 Å². The van der Waals surface area contributed by atoms with Crippen molar-refractivity contribution < 1.29 is 19.4 Å². The van der Waals surface area contributed by atoms with Crippen LogP contribution >= 0.6 is 0 Å². The van der Waals surface area contributed by atoms with Gasteiger partial charge < -0.3 is 14.7 Å². The maximum atomic E-state index is 12.1. The molecular weight excluding hydrogens is 234 g/mol. The molecule has 1 heterocycles. The van der Waals surface area contributed by atoms with Crippen LogP contribution in [0.15, 0.2) is 0 Å². The number of carbonyl (C=O) groups excluding carboxylic acids is 1. The van der Waals surface area contributed by atoms with E-state index in [0.717, 1.165) is 12.8 Å². The average molecular weight is 255 g/mol. The van der Waals surface area contributed by atoms with E-state index in [4.69, 9.17) is 4.74 Å². The Labute approximate surface area is 107 Å². The Morgan fingerprint density at radius 2 is 2.00 bits per heavy atom. The van der Waals surface area contributed by atoms with Crippen LogP contribution < -0.4 is 0 Å². The first kappa shape index (κ1) is 13.2. The summed E-state index contributed by atoms with van der Waals surface area (Å²) in [7, 11) is 0. The molecule has 0 spiro atoms. The fourth-order valence-electron chi connectivity index (χ4n) is 3.17. The van der Waals surface area contributed by atoms with Gasteiger partial charge in [-0.1, -0.05) is 6.42 Å². The molecule has 102 valence electrons. The van der Waals surface area contributed by atoms with E-state index in [0.29, 0.717) is 19.4 Å². The number of nitrogens with zero attached hydrogens (tertiary/aromatic N) is 1. The van der Waals surface area contributed by atoms with Crippen LogP contribution in [0.5, 0.6) is 0 Å². The van der Waals surface area contributed by atoms with Crippen LogP contribution in [0.25, 0.3) is 0 Å². The van der Waals surface area contributed by atoms with Crippen LogP contribution in [-0.2, 0) is 9.53 Å². The molecule has 0 unspecified atom stereocenters. The molecule has 0 bridgehead atoms. The molecule has 5 heteroatoms. The smallest absolute Gasteiger partial charge is 0.410 e. The molecule has 2 atom stereocenters.